The van der Waals surface area contributed by atoms with Crippen LogP contribution in [0.25, 0.3) is 0 Å². The molecule has 0 aromatic heterocycles. The molecule has 3 rings (SSSR count). The minimum absolute atomic E-state index is 0.151. The van der Waals surface area contributed by atoms with Gasteiger partial charge in [0.2, 0.25) is 0 Å². The molecule has 0 aliphatic heterocycles. The van der Waals surface area contributed by atoms with E-state index in [0.717, 1.165) is 24.8 Å². The van der Waals surface area contributed by atoms with Crippen molar-refractivity contribution < 1.29 is 9.22 Å². The van der Waals surface area contributed by atoms with Crippen LogP contribution >= 0.6 is 0 Å². The molecule has 132 valence electrons. The summed E-state index contributed by atoms with van der Waals surface area (Å²) in [5.74, 6) is 1.37. The molecule has 4 atom stereocenters. The Labute approximate surface area is 148 Å². The van der Waals surface area contributed by atoms with Gasteiger partial charge in [-0.1, -0.05) is 52.0 Å². The van der Waals surface area contributed by atoms with Gasteiger partial charge in [-0.05, 0) is 54.8 Å². The highest BCUT2D eigenvalue weighted by atomic mass is 28.4. The third kappa shape index (κ3) is 3.01. The summed E-state index contributed by atoms with van der Waals surface area (Å²) in [5, 5.41) is 0.211. The molecule has 1 aromatic carbocycles. The number of ketones is 1. The van der Waals surface area contributed by atoms with Gasteiger partial charge in [0.05, 0.1) is 6.10 Å². The molecular weight excluding hydrogens is 312 g/mol. The van der Waals surface area contributed by atoms with Gasteiger partial charge < -0.3 is 4.43 Å². The maximum Gasteiger partial charge on any atom is 0.192 e. The maximum atomic E-state index is 13.1. The van der Waals surface area contributed by atoms with E-state index in [2.05, 4.69) is 52.9 Å². The smallest absolute Gasteiger partial charge is 0.192 e. The zero-order valence-corrected chi connectivity index (χ0v) is 17.1. The average Bonchev–Trinajstić information content (AvgIpc) is 2.72. The van der Waals surface area contributed by atoms with Crippen LogP contribution in [0.3, 0.4) is 0 Å². The summed E-state index contributed by atoms with van der Waals surface area (Å²) in [7, 11) is -1.82. The lowest BCUT2D eigenvalue weighted by molar-refractivity contribution is 0.0769. The third-order valence-corrected chi connectivity index (χ3v) is 11.2. The number of fused-ring (bicyclic) bond motifs is 2. The van der Waals surface area contributed by atoms with E-state index in [0.29, 0.717) is 17.6 Å². The topological polar surface area (TPSA) is 26.3 Å². The van der Waals surface area contributed by atoms with Crippen molar-refractivity contribution in [2.45, 2.75) is 71.2 Å². The Kier molecular flexibility index (Phi) is 4.54. The summed E-state index contributed by atoms with van der Waals surface area (Å²) >= 11 is 0. The predicted octanol–water partition coefficient (Wildman–Crippen LogP) is 5.48. The monoisotopic (exact) mass is 344 g/mol. The second kappa shape index (κ2) is 6.10. The zero-order chi connectivity index (χ0) is 17.7. The lowest BCUT2D eigenvalue weighted by Gasteiger charge is -2.41. The Morgan fingerprint density at radius 1 is 1.17 bits per heavy atom. The minimum atomic E-state index is -1.82. The van der Waals surface area contributed by atoms with Crippen molar-refractivity contribution in [1.29, 1.82) is 0 Å². The van der Waals surface area contributed by atoms with Gasteiger partial charge >= 0.3 is 0 Å². The summed E-state index contributed by atoms with van der Waals surface area (Å²) in [6.45, 7) is 13.8. The number of aryl methyl sites for hydroxylation is 1. The molecule has 1 aromatic rings. The van der Waals surface area contributed by atoms with Crippen LogP contribution in [0.1, 0.15) is 56.5 Å². The van der Waals surface area contributed by atoms with Gasteiger partial charge in [-0.2, -0.15) is 0 Å². The molecule has 3 heteroatoms. The first-order chi connectivity index (χ1) is 11.1. The van der Waals surface area contributed by atoms with Crippen molar-refractivity contribution in [2.75, 3.05) is 0 Å². The summed E-state index contributed by atoms with van der Waals surface area (Å²) in [6, 6.07) is 8.20. The lowest BCUT2D eigenvalue weighted by Crippen LogP contribution is -2.46. The number of rotatable bonds is 2. The fourth-order valence-electron chi connectivity index (χ4n) is 4.25. The lowest BCUT2D eigenvalue weighted by atomic mass is 9.88. The van der Waals surface area contributed by atoms with Gasteiger partial charge in [-0.3, -0.25) is 4.79 Å². The van der Waals surface area contributed by atoms with E-state index in [1.54, 1.807) is 0 Å². The Bertz CT molecular complexity index is 629. The molecule has 2 aliphatic carbocycles. The van der Waals surface area contributed by atoms with Crippen molar-refractivity contribution in [3.05, 3.63) is 35.4 Å². The molecular formula is C21H32O2Si. The minimum Gasteiger partial charge on any atom is -0.413 e. The largest absolute Gasteiger partial charge is 0.413 e. The molecule has 2 aliphatic rings. The SMILES string of the molecule is C[C@@H]1C[C@@H]2C(=O)c3ccccc3CC[C@H]2[C@H]1O[Si](C)(C)C(C)(C)C. The fraction of sp³-hybridized carbons (Fsp3) is 0.667. The first kappa shape index (κ1) is 17.9. The Morgan fingerprint density at radius 2 is 1.83 bits per heavy atom. The molecule has 0 spiro atoms. The van der Waals surface area contributed by atoms with E-state index in [9.17, 15) is 4.79 Å². The number of hydrogen-bond donors (Lipinski definition) is 0. The first-order valence-corrected chi connectivity index (χ1v) is 12.3. The van der Waals surface area contributed by atoms with Gasteiger partial charge in [-0.15, -0.1) is 0 Å². The van der Waals surface area contributed by atoms with Crippen LogP contribution in [0.15, 0.2) is 24.3 Å². The average molecular weight is 345 g/mol. The van der Waals surface area contributed by atoms with Gasteiger partial charge in [0.25, 0.3) is 0 Å². The molecule has 0 radical (unpaired) electrons. The van der Waals surface area contributed by atoms with E-state index in [4.69, 9.17) is 4.43 Å². The van der Waals surface area contributed by atoms with Gasteiger partial charge in [0.15, 0.2) is 14.1 Å². The predicted molar refractivity (Wildman–Crippen MR) is 102 cm³/mol. The molecule has 2 nitrogen and oxygen atoms in total. The van der Waals surface area contributed by atoms with Crippen molar-refractivity contribution in [1.82, 2.24) is 0 Å². The Balaban J connectivity index is 1.88. The summed E-state index contributed by atoms with van der Waals surface area (Å²) < 4.78 is 6.83. The molecule has 24 heavy (non-hydrogen) atoms. The number of carbonyl (C=O) groups is 1. The summed E-state index contributed by atoms with van der Waals surface area (Å²) in [5.41, 5.74) is 2.20. The molecule has 0 saturated heterocycles. The second-order valence-corrected chi connectivity index (χ2v) is 14.1. The van der Waals surface area contributed by atoms with Crippen LogP contribution in [0, 0.1) is 17.8 Å². The van der Waals surface area contributed by atoms with Crippen molar-refractivity contribution in [3.8, 4) is 0 Å². The molecule has 0 N–H and O–H groups in total. The van der Waals surface area contributed by atoms with Crippen molar-refractivity contribution in [3.63, 3.8) is 0 Å². The second-order valence-electron chi connectivity index (χ2n) is 9.39. The van der Waals surface area contributed by atoms with Crippen LogP contribution in [0.4, 0.5) is 0 Å². The highest BCUT2D eigenvalue weighted by Gasteiger charge is 2.50. The first-order valence-electron chi connectivity index (χ1n) is 9.42. The molecule has 1 saturated carbocycles. The normalized spacial score (nSPS) is 30.7. The van der Waals surface area contributed by atoms with Crippen LogP contribution < -0.4 is 0 Å². The number of benzene rings is 1. The van der Waals surface area contributed by atoms with Crippen LogP contribution in [-0.2, 0) is 10.8 Å². The molecule has 1 fully saturated rings. The maximum absolute atomic E-state index is 13.1. The highest BCUT2D eigenvalue weighted by molar-refractivity contribution is 6.74. The Morgan fingerprint density at radius 3 is 2.50 bits per heavy atom. The molecule has 0 amide bonds. The number of hydrogen-bond acceptors (Lipinski definition) is 2. The van der Waals surface area contributed by atoms with E-state index in [-0.39, 0.29) is 17.1 Å². The van der Waals surface area contributed by atoms with E-state index >= 15 is 0 Å². The standard InChI is InChI=1S/C21H32O2Si/c1-14-13-18-17(20(14)23-24(5,6)21(2,3)4)12-11-15-9-7-8-10-16(15)19(18)22/h7-10,14,17-18,20H,11-13H2,1-6H3/t14-,17-,18+,20+/m1/s1. The quantitative estimate of drug-likeness (QED) is 0.664. The van der Waals surface area contributed by atoms with Crippen LogP contribution in [0.2, 0.25) is 18.1 Å². The van der Waals surface area contributed by atoms with Crippen molar-refractivity contribution >= 4 is 14.1 Å². The third-order valence-electron chi connectivity index (χ3n) is 6.73. The number of carbonyl (C=O) groups excluding carboxylic acids is 1. The molecule has 0 unspecified atom stereocenters. The molecule has 0 bridgehead atoms. The van der Waals surface area contributed by atoms with Gasteiger partial charge in [-0.25, -0.2) is 0 Å². The Hall–Kier alpha value is -0.933. The fourth-order valence-corrected chi connectivity index (χ4v) is 5.69. The van der Waals surface area contributed by atoms with Gasteiger partial charge in [0, 0.05) is 11.5 Å². The van der Waals surface area contributed by atoms with Crippen LogP contribution in [-0.4, -0.2) is 20.2 Å². The van der Waals surface area contributed by atoms with E-state index < -0.39 is 8.32 Å². The summed E-state index contributed by atoms with van der Waals surface area (Å²) in [4.78, 5) is 13.1. The van der Waals surface area contributed by atoms with Crippen molar-refractivity contribution in [2.24, 2.45) is 17.8 Å². The van der Waals surface area contributed by atoms with E-state index in [1.807, 2.05) is 12.1 Å². The highest BCUT2D eigenvalue weighted by Crippen LogP contribution is 2.48. The van der Waals surface area contributed by atoms with E-state index in [1.165, 1.54) is 5.56 Å². The number of Topliss-reactive ketones (excluding diaryl/α,β-unsaturated/α-hetero) is 1. The zero-order valence-electron chi connectivity index (χ0n) is 16.1. The van der Waals surface area contributed by atoms with Crippen LogP contribution in [0.5, 0.6) is 0 Å². The van der Waals surface area contributed by atoms with Gasteiger partial charge in [0.1, 0.15) is 0 Å². The molecule has 0 heterocycles. The summed E-state index contributed by atoms with van der Waals surface area (Å²) in [6.07, 6.45) is 3.32.